The summed E-state index contributed by atoms with van der Waals surface area (Å²) < 4.78 is 17.9. The zero-order valence-corrected chi connectivity index (χ0v) is 12.4. The van der Waals surface area contributed by atoms with Crippen molar-refractivity contribution in [1.29, 1.82) is 0 Å². The van der Waals surface area contributed by atoms with Crippen LogP contribution in [0.15, 0.2) is 36.4 Å². The van der Waals surface area contributed by atoms with E-state index in [4.69, 9.17) is 4.74 Å². The van der Waals surface area contributed by atoms with Gasteiger partial charge in [-0.3, -0.25) is 0 Å². The van der Waals surface area contributed by atoms with Crippen LogP contribution in [-0.2, 0) is 6.54 Å². The van der Waals surface area contributed by atoms with Crippen LogP contribution in [0, 0.1) is 0 Å². The minimum absolute atomic E-state index is 0.0221. The molecule has 2 aromatic rings. The quantitative estimate of drug-likeness (QED) is 0.888. The Morgan fingerprint density at radius 2 is 1.85 bits per heavy atom. The number of benzene rings is 2. The number of rotatable bonds is 5. The Kier molecular flexibility index (Phi) is 4.61. The maximum Gasteiger partial charge on any atom is 0.124 e. The fourth-order valence-electron chi connectivity index (χ4n) is 2.14. The summed E-state index contributed by atoms with van der Waals surface area (Å²) in [6.07, 6.45) is 0. The molecule has 0 aliphatic carbocycles. The number of hydrogen-bond acceptors (Lipinski definition) is 2. The van der Waals surface area contributed by atoms with Gasteiger partial charge in [0.1, 0.15) is 19.0 Å². The van der Waals surface area contributed by atoms with Gasteiger partial charge in [-0.1, -0.05) is 30.3 Å². The van der Waals surface area contributed by atoms with Crippen molar-refractivity contribution in [2.45, 2.75) is 32.9 Å². The van der Waals surface area contributed by atoms with Gasteiger partial charge in [0.25, 0.3) is 0 Å². The fourth-order valence-corrected chi connectivity index (χ4v) is 2.14. The van der Waals surface area contributed by atoms with Crippen LogP contribution in [0.3, 0.4) is 0 Å². The molecule has 0 saturated heterocycles. The van der Waals surface area contributed by atoms with Crippen LogP contribution in [0.1, 0.15) is 26.3 Å². The molecular weight excluding hydrogens is 253 g/mol. The lowest BCUT2D eigenvalue weighted by Crippen LogP contribution is -2.35. The van der Waals surface area contributed by atoms with Crippen molar-refractivity contribution >= 4 is 10.8 Å². The minimum atomic E-state index is -0.473. The second-order valence-corrected chi connectivity index (χ2v) is 5.90. The van der Waals surface area contributed by atoms with Crippen LogP contribution in [0.25, 0.3) is 10.8 Å². The summed E-state index contributed by atoms with van der Waals surface area (Å²) in [4.78, 5) is 0. The number of fused-ring (bicyclic) bond motifs is 1. The summed E-state index contributed by atoms with van der Waals surface area (Å²) in [5, 5.41) is 5.80. The Hall–Kier alpha value is -1.61. The summed E-state index contributed by atoms with van der Waals surface area (Å²) in [7, 11) is 0. The van der Waals surface area contributed by atoms with Crippen LogP contribution in [0.4, 0.5) is 4.39 Å². The number of ether oxygens (including phenoxy) is 1. The summed E-state index contributed by atoms with van der Waals surface area (Å²) in [5.74, 6) is 0.762. The van der Waals surface area contributed by atoms with E-state index >= 15 is 0 Å². The summed E-state index contributed by atoms with van der Waals surface area (Å²) in [5.41, 5.74) is 1.11. The maximum absolute atomic E-state index is 12.4. The third-order valence-corrected chi connectivity index (χ3v) is 3.13. The Morgan fingerprint density at radius 3 is 2.55 bits per heavy atom. The van der Waals surface area contributed by atoms with E-state index in [-0.39, 0.29) is 12.1 Å². The van der Waals surface area contributed by atoms with Gasteiger partial charge >= 0.3 is 0 Å². The lowest BCUT2D eigenvalue weighted by Gasteiger charge is -2.22. The normalized spacial score (nSPS) is 11.8. The lowest BCUT2D eigenvalue weighted by atomic mass is 10.0. The van der Waals surface area contributed by atoms with Gasteiger partial charge in [-0.05, 0) is 37.6 Å². The van der Waals surface area contributed by atoms with Crippen LogP contribution < -0.4 is 10.1 Å². The molecule has 2 aromatic carbocycles. The Labute approximate surface area is 119 Å². The SMILES string of the molecule is CC(C)(C)NCc1c(OCCF)ccc2ccccc12. The van der Waals surface area contributed by atoms with E-state index in [0.29, 0.717) is 6.54 Å². The smallest absolute Gasteiger partial charge is 0.124 e. The monoisotopic (exact) mass is 275 g/mol. The zero-order chi connectivity index (χ0) is 14.6. The topological polar surface area (TPSA) is 21.3 Å². The molecule has 0 unspecified atom stereocenters. The first-order chi connectivity index (χ1) is 9.51. The first-order valence-electron chi connectivity index (χ1n) is 6.96. The minimum Gasteiger partial charge on any atom is -0.491 e. The average molecular weight is 275 g/mol. The van der Waals surface area contributed by atoms with Gasteiger partial charge in [0.2, 0.25) is 0 Å². The summed E-state index contributed by atoms with van der Waals surface area (Å²) >= 11 is 0. The van der Waals surface area contributed by atoms with E-state index in [9.17, 15) is 4.39 Å². The number of nitrogens with one attached hydrogen (secondary N) is 1. The Morgan fingerprint density at radius 1 is 1.10 bits per heavy atom. The molecule has 0 amide bonds. The molecule has 0 radical (unpaired) electrons. The third-order valence-electron chi connectivity index (χ3n) is 3.13. The highest BCUT2D eigenvalue weighted by molar-refractivity contribution is 5.87. The van der Waals surface area contributed by atoms with Crippen molar-refractivity contribution in [2.75, 3.05) is 13.3 Å². The molecule has 2 nitrogen and oxygen atoms in total. The van der Waals surface area contributed by atoms with Gasteiger partial charge < -0.3 is 10.1 Å². The molecule has 2 rings (SSSR count). The second kappa shape index (κ2) is 6.23. The molecule has 0 saturated carbocycles. The first kappa shape index (κ1) is 14.8. The van der Waals surface area contributed by atoms with Crippen LogP contribution in [0.5, 0.6) is 5.75 Å². The summed E-state index contributed by atoms with van der Waals surface area (Å²) in [6.45, 7) is 6.70. The molecule has 0 spiro atoms. The molecule has 0 aliphatic heterocycles. The highest BCUT2D eigenvalue weighted by Crippen LogP contribution is 2.28. The van der Waals surface area contributed by atoms with Gasteiger partial charge in [0, 0.05) is 17.6 Å². The molecule has 0 bridgehead atoms. The molecule has 3 heteroatoms. The molecule has 108 valence electrons. The molecule has 0 heterocycles. The number of halogens is 1. The number of alkyl halides is 1. The predicted octanol–water partition coefficient (Wildman–Crippen LogP) is 4.08. The predicted molar refractivity (Wildman–Crippen MR) is 82.0 cm³/mol. The lowest BCUT2D eigenvalue weighted by molar-refractivity contribution is 0.270. The van der Waals surface area contributed by atoms with Crippen LogP contribution in [0.2, 0.25) is 0 Å². The maximum atomic E-state index is 12.4. The average Bonchev–Trinajstić information content (AvgIpc) is 2.42. The van der Waals surface area contributed by atoms with E-state index in [0.717, 1.165) is 16.7 Å². The van der Waals surface area contributed by atoms with Crippen molar-refractivity contribution in [3.8, 4) is 5.75 Å². The molecular formula is C17H22FNO. The molecule has 20 heavy (non-hydrogen) atoms. The Balaban J connectivity index is 2.38. The zero-order valence-electron chi connectivity index (χ0n) is 12.4. The van der Waals surface area contributed by atoms with Gasteiger partial charge in [0.05, 0.1) is 0 Å². The largest absolute Gasteiger partial charge is 0.491 e. The first-order valence-corrected chi connectivity index (χ1v) is 6.96. The van der Waals surface area contributed by atoms with Crippen LogP contribution in [-0.4, -0.2) is 18.8 Å². The fraction of sp³-hybridized carbons (Fsp3) is 0.412. The van der Waals surface area contributed by atoms with Crippen molar-refractivity contribution in [1.82, 2.24) is 5.32 Å². The Bertz CT molecular complexity index is 575. The third kappa shape index (κ3) is 3.70. The second-order valence-electron chi connectivity index (χ2n) is 5.90. The highest BCUT2D eigenvalue weighted by Gasteiger charge is 2.13. The van der Waals surface area contributed by atoms with E-state index in [1.54, 1.807) is 0 Å². The van der Waals surface area contributed by atoms with Crippen molar-refractivity contribution in [3.63, 3.8) is 0 Å². The highest BCUT2D eigenvalue weighted by atomic mass is 19.1. The standard InChI is InChI=1S/C17H22FNO/c1-17(2,3)19-12-15-14-7-5-4-6-13(14)8-9-16(15)20-11-10-18/h4-9,19H,10-12H2,1-3H3. The molecule has 0 atom stereocenters. The summed E-state index contributed by atoms with van der Waals surface area (Å²) in [6, 6.07) is 12.1. The van der Waals surface area contributed by atoms with Gasteiger partial charge in [-0.2, -0.15) is 0 Å². The van der Waals surface area contributed by atoms with Gasteiger partial charge in [0.15, 0.2) is 0 Å². The van der Waals surface area contributed by atoms with E-state index in [2.05, 4.69) is 38.2 Å². The molecule has 1 N–H and O–H groups in total. The van der Waals surface area contributed by atoms with Gasteiger partial charge in [-0.15, -0.1) is 0 Å². The van der Waals surface area contributed by atoms with Crippen molar-refractivity contribution < 1.29 is 9.13 Å². The number of hydrogen-bond donors (Lipinski definition) is 1. The molecule has 0 fully saturated rings. The van der Waals surface area contributed by atoms with E-state index < -0.39 is 6.67 Å². The van der Waals surface area contributed by atoms with Crippen LogP contribution >= 0.6 is 0 Å². The molecule has 0 aromatic heterocycles. The van der Waals surface area contributed by atoms with E-state index in [1.807, 2.05) is 24.3 Å². The molecule has 0 aliphatic rings. The van der Waals surface area contributed by atoms with E-state index in [1.165, 1.54) is 5.39 Å². The van der Waals surface area contributed by atoms with Crippen molar-refractivity contribution in [3.05, 3.63) is 42.0 Å². The van der Waals surface area contributed by atoms with Crippen molar-refractivity contribution in [2.24, 2.45) is 0 Å². The van der Waals surface area contributed by atoms with Gasteiger partial charge in [-0.25, -0.2) is 4.39 Å².